The summed E-state index contributed by atoms with van der Waals surface area (Å²) in [6, 6.07) is 1.05. The third-order valence-electron chi connectivity index (χ3n) is 6.76. The molecule has 0 saturated heterocycles. The molecule has 186 valence electrons. The Morgan fingerprint density at radius 2 is 1.29 bits per heavy atom. The monoisotopic (exact) mass is 477 g/mol. The highest BCUT2D eigenvalue weighted by molar-refractivity contribution is 6.77. The first-order valence-corrected chi connectivity index (χ1v) is 16.8. The zero-order valence-electron chi connectivity index (χ0n) is 21.8. The number of hydrogen-bond acceptors (Lipinski definition) is 5. The van der Waals surface area contributed by atoms with Gasteiger partial charge >= 0.3 is 14.5 Å². The van der Waals surface area contributed by atoms with Crippen molar-refractivity contribution in [2.75, 3.05) is 27.3 Å². The Kier molecular flexibility index (Phi) is 15.4. The standard InChI is InChI=1S/C23H51NO5Si2/c1-19(2)31(20(3)4,21(5)6)29-22(23(25)26)18-24-16-14-12-10-11-13-15-17-30(9,27-7)28-8/h19-22,24H,10-18H2,1-9H3,(H,25,26). The maximum atomic E-state index is 11.9. The first-order chi connectivity index (χ1) is 14.5. The summed E-state index contributed by atoms with van der Waals surface area (Å²) in [4.78, 5) is 11.9. The lowest BCUT2D eigenvalue weighted by Gasteiger charge is -2.43. The zero-order valence-corrected chi connectivity index (χ0v) is 23.8. The summed E-state index contributed by atoms with van der Waals surface area (Å²) < 4.78 is 17.5. The quantitative estimate of drug-likeness (QED) is 0.177. The number of aliphatic carboxylic acids is 1. The molecule has 0 aromatic heterocycles. The molecule has 0 rings (SSSR count). The van der Waals surface area contributed by atoms with E-state index in [1.807, 2.05) is 0 Å². The summed E-state index contributed by atoms with van der Waals surface area (Å²) >= 11 is 0. The highest BCUT2D eigenvalue weighted by Gasteiger charge is 2.47. The Labute approximate surface area is 194 Å². The second-order valence-electron chi connectivity index (χ2n) is 9.88. The molecule has 0 aromatic rings. The van der Waals surface area contributed by atoms with E-state index in [-0.39, 0.29) is 0 Å². The molecular formula is C23H51NO5Si2. The number of carbonyl (C=O) groups is 1. The summed E-state index contributed by atoms with van der Waals surface area (Å²) in [5.74, 6) is -0.853. The minimum atomic E-state index is -2.20. The third kappa shape index (κ3) is 10.5. The molecule has 0 heterocycles. The number of carboxylic acid groups (broad SMARTS) is 1. The summed E-state index contributed by atoms with van der Waals surface area (Å²) in [6.45, 7) is 16.5. The van der Waals surface area contributed by atoms with Gasteiger partial charge in [-0.05, 0) is 42.2 Å². The molecule has 0 fully saturated rings. The van der Waals surface area contributed by atoms with E-state index in [2.05, 4.69) is 53.4 Å². The van der Waals surface area contributed by atoms with E-state index in [1.54, 1.807) is 14.2 Å². The second-order valence-corrected chi connectivity index (χ2v) is 18.9. The van der Waals surface area contributed by atoms with Gasteiger partial charge in [0.2, 0.25) is 8.32 Å². The molecule has 0 amide bonds. The molecule has 31 heavy (non-hydrogen) atoms. The Morgan fingerprint density at radius 3 is 1.71 bits per heavy atom. The summed E-state index contributed by atoms with van der Waals surface area (Å²) in [6.07, 6.45) is 6.27. The smallest absolute Gasteiger partial charge is 0.334 e. The predicted octanol–water partition coefficient (Wildman–Crippen LogP) is 5.93. The average Bonchev–Trinajstić information content (AvgIpc) is 2.70. The van der Waals surface area contributed by atoms with Crippen molar-refractivity contribution in [3.63, 3.8) is 0 Å². The molecular weight excluding hydrogens is 426 g/mol. The van der Waals surface area contributed by atoms with Crippen LogP contribution in [0.4, 0.5) is 0 Å². The lowest BCUT2D eigenvalue weighted by molar-refractivity contribution is -0.145. The normalized spacial score (nSPS) is 14.1. The molecule has 2 N–H and O–H groups in total. The average molecular weight is 478 g/mol. The molecule has 0 spiro atoms. The number of nitrogens with one attached hydrogen (secondary N) is 1. The molecule has 0 aliphatic heterocycles. The minimum absolute atomic E-state index is 0.377. The Bertz CT molecular complexity index is 463. The van der Waals surface area contributed by atoms with Crippen molar-refractivity contribution in [2.45, 2.75) is 115 Å². The van der Waals surface area contributed by atoms with Crippen LogP contribution in [0.5, 0.6) is 0 Å². The van der Waals surface area contributed by atoms with Crippen molar-refractivity contribution in [1.29, 1.82) is 0 Å². The summed E-state index contributed by atoms with van der Waals surface area (Å²) in [5.41, 5.74) is 1.13. The summed E-state index contributed by atoms with van der Waals surface area (Å²) in [7, 11) is -0.613. The lowest BCUT2D eigenvalue weighted by Crippen LogP contribution is -2.53. The molecule has 0 bridgehead atoms. The van der Waals surface area contributed by atoms with Gasteiger partial charge in [-0.1, -0.05) is 73.6 Å². The van der Waals surface area contributed by atoms with Gasteiger partial charge in [-0.15, -0.1) is 0 Å². The van der Waals surface area contributed by atoms with Gasteiger partial charge in [-0.25, -0.2) is 4.79 Å². The van der Waals surface area contributed by atoms with Crippen molar-refractivity contribution < 1.29 is 23.2 Å². The molecule has 1 atom stereocenters. The van der Waals surface area contributed by atoms with Gasteiger partial charge in [0.05, 0.1) is 0 Å². The van der Waals surface area contributed by atoms with E-state index >= 15 is 0 Å². The molecule has 0 aliphatic rings. The fourth-order valence-electron chi connectivity index (χ4n) is 4.76. The number of rotatable bonds is 19. The van der Waals surface area contributed by atoms with Gasteiger partial charge in [-0.2, -0.15) is 0 Å². The summed E-state index contributed by atoms with van der Waals surface area (Å²) in [5, 5.41) is 13.1. The first kappa shape index (κ1) is 30.7. The SMILES string of the molecule is CO[Si](C)(CCCCCCCCNCC(O[Si](C(C)C)(C(C)C)C(C)C)C(=O)O)OC. The first-order valence-electron chi connectivity index (χ1n) is 12.2. The maximum Gasteiger partial charge on any atom is 0.334 e. The second kappa shape index (κ2) is 15.6. The molecule has 6 nitrogen and oxygen atoms in total. The number of carboxylic acids is 1. The van der Waals surface area contributed by atoms with Gasteiger partial charge in [-0.3, -0.25) is 0 Å². The Morgan fingerprint density at radius 1 is 0.839 bits per heavy atom. The molecule has 0 aliphatic carbocycles. The van der Waals surface area contributed by atoms with Crippen LogP contribution in [0.1, 0.15) is 80.1 Å². The Hall–Kier alpha value is -0.256. The Balaban J connectivity index is 4.25. The highest BCUT2D eigenvalue weighted by atomic mass is 28.4. The van der Waals surface area contributed by atoms with Crippen LogP contribution in [0, 0.1) is 0 Å². The zero-order chi connectivity index (χ0) is 24.1. The van der Waals surface area contributed by atoms with Crippen LogP contribution in [-0.2, 0) is 18.1 Å². The topological polar surface area (TPSA) is 77.0 Å². The molecule has 0 aromatic carbocycles. The fourth-order valence-corrected chi connectivity index (χ4v) is 11.7. The number of hydrogen-bond donors (Lipinski definition) is 2. The van der Waals surface area contributed by atoms with Crippen LogP contribution < -0.4 is 5.32 Å². The minimum Gasteiger partial charge on any atom is -0.479 e. The molecule has 0 radical (unpaired) electrons. The van der Waals surface area contributed by atoms with Crippen molar-refractivity contribution >= 4 is 22.8 Å². The van der Waals surface area contributed by atoms with Crippen molar-refractivity contribution in [3.05, 3.63) is 0 Å². The van der Waals surface area contributed by atoms with Crippen molar-refractivity contribution in [3.8, 4) is 0 Å². The van der Waals surface area contributed by atoms with Crippen LogP contribution >= 0.6 is 0 Å². The molecule has 0 saturated carbocycles. The maximum absolute atomic E-state index is 11.9. The van der Waals surface area contributed by atoms with E-state index in [0.717, 1.165) is 31.9 Å². The van der Waals surface area contributed by atoms with E-state index in [4.69, 9.17) is 13.3 Å². The van der Waals surface area contributed by atoms with Crippen LogP contribution in [0.3, 0.4) is 0 Å². The van der Waals surface area contributed by atoms with Gasteiger partial charge in [0.25, 0.3) is 0 Å². The van der Waals surface area contributed by atoms with E-state index in [0.29, 0.717) is 23.2 Å². The van der Waals surface area contributed by atoms with E-state index in [9.17, 15) is 9.90 Å². The third-order valence-corrected chi connectivity index (χ3v) is 15.9. The largest absolute Gasteiger partial charge is 0.479 e. The highest BCUT2D eigenvalue weighted by Crippen LogP contribution is 2.42. The van der Waals surface area contributed by atoms with Gasteiger partial charge < -0.3 is 23.7 Å². The van der Waals surface area contributed by atoms with Gasteiger partial charge in [0, 0.05) is 20.8 Å². The van der Waals surface area contributed by atoms with Crippen LogP contribution in [0.2, 0.25) is 29.2 Å². The van der Waals surface area contributed by atoms with Gasteiger partial charge in [0.15, 0.2) is 6.10 Å². The fraction of sp³-hybridized carbons (Fsp3) is 0.957. The molecule has 8 heteroatoms. The molecule has 1 unspecified atom stereocenters. The predicted molar refractivity (Wildman–Crippen MR) is 135 cm³/mol. The number of unbranched alkanes of at least 4 members (excludes halogenated alkanes) is 5. The van der Waals surface area contributed by atoms with Crippen LogP contribution in [0.25, 0.3) is 0 Å². The van der Waals surface area contributed by atoms with Crippen molar-refractivity contribution in [2.24, 2.45) is 0 Å². The van der Waals surface area contributed by atoms with Crippen LogP contribution in [-0.4, -0.2) is 61.4 Å². The van der Waals surface area contributed by atoms with Crippen molar-refractivity contribution in [1.82, 2.24) is 5.32 Å². The van der Waals surface area contributed by atoms with E-state index in [1.165, 1.54) is 19.3 Å². The van der Waals surface area contributed by atoms with Gasteiger partial charge in [0.1, 0.15) is 0 Å². The van der Waals surface area contributed by atoms with E-state index < -0.39 is 29.0 Å². The van der Waals surface area contributed by atoms with Crippen LogP contribution in [0.15, 0.2) is 0 Å². The lowest BCUT2D eigenvalue weighted by atomic mass is 10.1.